The van der Waals surface area contributed by atoms with Crippen LogP contribution in [0.3, 0.4) is 0 Å². The topological polar surface area (TPSA) is 66.0 Å². The summed E-state index contributed by atoms with van der Waals surface area (Å²) in [5.74, 6) is 1.54. The highest BCUT2D eigenvalue weighted by molar-refractivity contribution is 5.95. The van der Waals surface area contributed by atoms with Crippen LogP contribution in [0.4, 0.5) is 5.69 Å². The maximum absolute atomic E-state index is 11.9. The van der Waals surface area contributed by atoms with Crippen LogP contribution in [0.25, 0.3) is 0 Å². The molecule has 1 atom stereocenters. The fourth-order valence-corrected chi connectivity index (χ4v) is 3.37. The molecular formula is C22H36N4O2. The maximum Gasteiger partial charge on any atom is 0.227 e. The number of hydrogen-bond donors (Lipinski definition) is 2. The van der Waals surface area contributed by atoms with Gasteiger partial charge in [-0.25, -0.2) is 4.99 Å². The van der Waals surface area contributed by atoms with Crippen LogP contribution in [0.5, 0.6) is 0 Å². The molecule has 0 radical (unpaired) electrons. The summed E-state index contributed by atoms with van der Waals surface area (Å²) in [7, 11) is 0. The molecule has 0 bridgehead atoms. The summed E-state index contributed by atoms with van der Waals surface area (Å²) >= 11 is 0. The highest BCUT2D eigenvalue weighted by Crippen LogP contribution is 2.21. The monoisotopic (exact) mass is 388 g/mol. The third-order valence-electron chi connectivity index (χ3n) is 4.93. The molecule has 1 aromatic rings. The van der Waals surface area contributed by atoms with Crippen molar-refractivity contribution >= 4 is 17.6 Å². The fourth-order valence-electron chi connectivity index (χ4n) is 3.37. The van der Waals surface area contributed by atoms with E-state index in [9.17, 15) is 4.79 Å². The maximum atomic E-state index is 11.9. The molecule has 2 N–H and O–H groups in total. The molecule has 1 aromatic carbocycles. The molecule has 6 heteroatoms. The minimum absolute atomic E-state index is 0.219. The molecule has 28 heavy (non-hydrogen) atoms. The third-order valence-corrected chi connectivity index (χ3v) is 4.93. The van der Waals surface area contributed by atoms with Crippen LogP contribution in [-0.4, -0.2) is 44.2 Å². The summed E-state index contributed by atoms with van der Waals surface area (Å²) in [5, 5.41) is 6.70. The van der Waals surface area contributed by atoms with Gasteiger partial charge in [0, 0.05) is 38.3 Å². The molecular weight excluding hydrogens is 352 g/mol. The van der Waals surface area contributed by atoms with Crippen molar-refractivity contribution < 1.29 is 9.53 Å². The molecule has 1 unspecified atom stereocenters. The number of anilines is 1. The Morgan fingerprint density at radius 1 is 1.21 bits per heavy atom. The number of carbonyl (C=O) groups is 1. The molecule has 2 rings (SSSR count). The van der Waals surface area contributed by atoms with Crippen LogP contribution in [-0.2, 0) is 16.1 Å². The lowest BCUT2D eigenvalue weighted by molar-refractivity contribution is -0.117. The minimum Gasteiger partial charge on any atom is -0.378 e. The van der Waals surface area contributed by atoms with Crippen LogP contribution in [0, 0.1) is 5.92 Å². The number of carbonyl (C=O) groups excluding carboxylic acids is 1. The van der Waals surface area contributed by atoms with Crippen molar-refractivity contribution in [3.63, 3.8) is 0 Å². The summed E-state index contributed by atoms with van der Waals surface area (Å²) in [4.78, 5) is 18.4. The first kappa shape index (κ1) is 22.2. The summed E-state index contributed by atoms with van der Waals surface area (Å²) in [5.41, 5.74) is 2.11. The molecule has 0 aliphatic carbocycles. The predicted octanol–water partition coefficient (Wildman–Crippen LogP) is 3.32. The Balaban J connectivity index is 1.88. The molecule has 156 valence electrons. The van der Waals surface area contributed by atoms with Crippen molar-refractivity contribution in [1.29, 1.82) is 0 Å². The first-order valence-electron chi connectivity index (χ1n) is 10.6. The summed E-state index contributed by atoms with van der Waals surface area (Å²) in [6, 6.07) is 8.14. The van der Waals surface area contributed by atoms with Crippen LogP contribution >= 0.6 is 0 Å². The second-order valence-corrected chi connectivity index (χ2v) is 7.46. The lowest BCUT2D eigenvalue weighted by atomic mass is 10.0. The van der Waals surface area contributed by atoms with Gasteiger partial charge in [-0.15, -0.1) is 0 Å². The van der Waals surface area contributed by atoms with Crippen molar-refractivity contribution in [2.75, 3.05) is 31.1 Å². The van der Waals surface area contributed by atoms with Gasteiger partial charge in [0.05, 0.1) is 12.6 Å². The van der Waals surface area contributed by atoms with Gasteiger partial charge in [0.2, 0.25) is 5.91 Å². The lowest BCUT2D eigenvalue weighted by Gasteiger charge is -2.21. The SMILES string of the molecule is CCNC(=NCc1ccc(N2CCCC2=O)cc1)NCCC(OCC)C(C)C. The van der Waals surface area contributed by atoms with E-state index in [4.69, 9.17) is 4.74 Å². The second kappa shape index (κ2) is 11.7. The van der Waals surface area contributed by atoms with E-state index in [2.05, 4.69) is 48.5 Å². The largest absolute Gasteiger partial charge is 0.378 e. The number of aliphatic imine (C=N–C) groups is 1. The van der Waals surface area contributed by atoms with Gasteiger partial charge in [0.15, 0.2) is 5.96 Å². The first-order valence-corrected chi connectivity index (χ1v) is 10.6. The van der Waals surface area contributed by atoms with E-state index < -0.39 is 0 Å². The van der Waals surface area contributed by atoms with Crippen LogP contribution in [0.2, 0.25) is 0 Å². The molecule has 1 aliphatic heterocycles. The van der Waals surface area contributed by atoms with Crippen LogP contribution < -0.4 is 15.5 Å². The number of benzene rings is 1. The average Bonchev–Trinajstić information content (AvgIpc) is 3.11. The Labute approximate surface area is 169 Å². The van der Waals surface area contributed by atoms with E-state index in [-0.39, 0.29) is 12.0 Å². The fraction of sp³-hybridized carbons (Fsp3) is 0.636. The average molecular weight is 389 g/mol. The Bertz CT molecular complexity index is 628. The molecule has 6 nitrogen and oxygen atoms in total. The predicted molar refractivity (Wildman–Crippen MR) is 116 cm³/mol. The van der Waals surface area contributed by atoms with Gasteiger partial charge in [-0.2, -0.15) is 0 Å². The quantitative estimate of drug-likeness (QED) is 0.477. The van der Waals surface area contributed by atoms with Crippen molar-refractivity contribution in [2.24, 2.45) is 10.9 Å². The molecule has 1 saturated heterocycles. The van der Waals surface area contributed by atoms with Crippen LogP contribution in [0.15, 0.2) is 29.3 Å². The molecule has 1 fully saturated rings. The molecule has 1 heterocycles. The number of guanidine groups is 1. The van der Waals surface area contributed by atoms with Gasteiger partial charge in [-0.05, 0) is 50.3 Å². The number of hydrogen-bond acceptors (Lipinski definition) is 3. The van der Waals surface area contributed by atoms with Gasteiger partial charge in [0.25, 0.3) is 0 Å². The zero-order valence-electron chi connectivity index (χ0n) is 17.8. The summed E-state index contributed by atoms with van der Waals surface area (Å²) in [6.45, 7) is 12.3. The van der Waals surface area contributed by atoms with E-state index in [0.29, 0.717) is 18.9 Å². The Morgan fingerprint density at radius 3 is 2.54 bits per heavy atom. The Hall–Kier alpha value is -2.08. The molecule has 0 saturated carbocycles. The van der Waals surface area contributed by atoms with E-state index in [1.807, 2.05) is 24.0 Å². The van der Waals surface area contributed by atoms with Crippen molar-refractivity contribution in [1.82, 2.24) is 10.6 Å². The second-order valence-electron chi connectivity index (χ2n) is 7.46. The highest BCUT2D eigenvalue weighted by Gasteiger charge is 2.21. The van der Waals surface area contributed by atoms with E-state index in [0.717, 1.165) is 56.3 Å². The van der Waals surface area contributed by atoms with Crippen molar-refractivity contribution in [3.05, 3.63) is 29.8 Å². The van der Waals surface area contributed by atoms with Gasteiger partial charge in [0.1, 0.15) is 0 Å². The highest BCUT2D eigenvalue weighted by atomic mass is 16.5. The van der Waals surface area contributed by atoms with Gasteiger partial charge >= 0.3 is 0 Å². The number of amides is 1. The van der Waals surface area contributed by atoms with Crippen molar-refractivity contribution in [3.8, 4) is 0 Å². The number of nitrogens with zero attached hydrogens (tertiary/aromatic N) is 2. The smallest absolute Gasteiger partial charge is 0.227 e. The number of ether oxygens (including phenoxy) is 1. The van der Waals surface area contributed by atoms with E-state index in [1.165, 1.54) is 0 Å². The minimum atomic E-state index is 0.219. The third kappa shape index (κ3) is 6.82. The Morgan fingerprint density at radius 2 is 1.96 bits per heavy atom. The zero-order chi connectivity index (χ0) is 20.4. The van der Waals surface area contributed by atoms with Crippen LogP contribution in [0.1, 0.15) is 52.5 Å². The van der Waals surface area contributed by atoms with E-state index >= 15 is 0 Å². The van der Waals surface area contributed by atoms with Crippen molar-refractivity contribution in [2.45, 2.75) is 59.6 Å². The number of nitrogens with one attached hydrogen (secondary N) is 2. The Kier molecular flexibility index (Phi) is 9.28. The molecule has 1 amide bonds. The van der Waals surface area contributed by atoms with Gasteiger partial charge in [-0.3, -0.25) is 4.79 Å². The van der Waals surface area contributed by atoms with E-state index in [1.54, 1.807) is 0 Å². The summed E-state index contributed by atoms with van der Waals surface area (Å²) in [6.07, 6.45) is 2.82. The molecule has 0 spiro atoms. The molecule has 1 aliphatic rings. The molecule has 0 aromatic heterocycles. The number of rotatable bonds is 10. The first-order chi connectivity index (χ1) is 13.5. The lowest BCUT2D eigenvalue weighted by Crippen LogP contribution is -2.39. The van der Waals surface area contributed by atoms with Gasteiger partial charge < -0.3 is 20.3 Å². The zero-order valence-corrected chi connectivity index (χ0v) is 17.8. The standard InChI is InChI=1S/C22H36N4O2/c1-5-23-22(24-14-13-20(17(3)4)28-6-2)25-16-18-9-11-19(12-10-18)26-15-7-8-21(26)27/h9-12,17,20H,5-8,13-16H2,1-4H3,(H2,23,24,25). The summed E-state index contributed by atoms with van der Waals surface area (Å²) < 4.78 is 5.81. The van der Waals surface area contributed by atoms with Gasteiger partial charge in [-0.1, -0.05) is 26.0 Å². The normalized spacial score (nSPS) is 16.0.